The van der Waals surface area contributed by atoms with E-state index in [1.807, 2.05) is 48.5 Å². The number of nitrogens with one attached hydrogen (secondary N) is 2. The SMILES string of the molecule is Cc1ccc(Nc2ncc(C(=O)NCc3ccccc3)cn2)cc1C. The molecule has 3 rings (SSSR count). The molecular formula is C20H20N4O. The highest BCUT2D eigenvalue weighted by atomic mass is 16.1. The number of aryl methyl sites for hydroxylation is 2. The summed E-state index contributed by atoms with van der Waals surface area (Å²) in [6, 6.07) is 15.8. The fraction of sp³-hybridized carbons (Fsp3) is 0.150. The zero-order chi connectivity index (χ0) is 17.6. The zero-order valence-electron chi connectivity index (χ0n) is 14.3. The number of benzene rings is 2. The molecule has 0 saturated carbocycles. The highest BCUT2D eigenvalue weighted by molar-refractivity contribution is 5.93. The fourth-order valence-corrected chi connectivity index (χ4v) is 2.34. The predicted molar refractivity (Wildman–Crippen MR) is 98.8 cm³/mol. The van der Waals surface area contributed by atoms with Gasteiger partial charge in [-0.1, -0.05) is 36.4 Å². The molecule has 126 valence electrons. The van der Waals surface area contributed by atoms with Gasteiger partial charge in [-0.2, -0.15) is 0 Å². The molecule has 1 aromatic heterocycles. The largest absolute Gasteiger partial charge is 0.348 e. The van der Waals surface area contributed by atoms with Crippen LogP contribution in [0.1, 0.15) is 27.0 Å². The van der Waals surface area contributed by atoms with Gasteiger partial charge in [0.05, 0.1) is 5.56 Å². The van der Waals surface area contributed by atoms with E-state index in [4.69, 9.17) is 0 Å². The molecule has 0 saturated heterocycles. The molecule has 0 radical (unpaired) electrons. The van der Waals surface area contributed by atoms with Crippen molar-refractivity contribution in [2.24, 2.45) is 0 Å². The van der Waals surface area contributed by atoms with Gasteiger partial charge in [0.2, 0.25) is 5.95 Å². The van der Waals surface area contributed by atoms with Crippen LogP contribution in [0.5, 0.6) is 0 Å². The first kappa shape index (κ1) is 16.6. The van der Waals surface area contributed by atoms with Crippen LogP contribution in [0.15, 0.2) is 60.9 Å². The molecule has 1 amide bonds. The lowest BCUT2D eigenvalue weighted by Crippen LogP contribution is -2.23. The molecule has 2 aromatic carbocycles. The van der Waals surface area contributed by atoms with Crippen molar-refractivity contribution in [3.63, 3.8) is 0 Å². The minimum atomic E-state index is -0.193. The minimum absolute atomic E-state index is 0.193. The van der Waals surface area contributed by atoms with Gasteiger partial charge in [-0.3, -0.25) is 4.79 Å². The van der Waals surface area contributed by atoms with Crippen LogP contribution in [0.25, 0.3) is 0 Å². The number of carbonyl (C=O) groups excluding carboxylic acids is 1. The second-order valence-electron chi connectivity index (χ2n) is 5.89. The average molecular weight is 332 g/mol. The summed E-state index contributed by atoms with van der Waals surface area (Å²) in [6.07, 6.45) is 3.05. The van der Waals surface area contributed by atoms with Crippen molar-refractivity contribution < 1.29 is 4.79 Å². The predicted octanol–water partition coefficient (Wildman–Crippen LogP) is 3.77. The fourth-order valence-electron chi connectivity index (χ4n) is 2.34. The minimum Gasteiger partial charge on any atom is -0.348 e. The molecule has 1 heterocycles. The van der Waals surface area contributed by atoms with Gasteiger partial charge < -0.3 is 10.6 Å². The number of amides is 1. The van der Waals surface area contributed by atoms with E-state index in [0.717, 1.165) is 11.3 Å². The van der Waals surface area contributed by atoms with Gasteiger partial charge in [0.25, 0.3) is 5.91 Å². The van der Waals surface area contributed by atoms with E-state index in [0.29, 0.717) is 18.1 Å². The highest BCUT2D eigenvalue weighted by Crippen LogP contribution is 2.17. The van der Waals surface area contributed by atoms with Crippen LogP contribution in [0.3, 0.4) is 0 Å². The van der Waals surface area contributed by atoms with Crippen LogP contribution in [-0.4, -0.2) is 15.9 Å². The maximum atomic E-state index is 12.2. The molecule has 0 aliphatic carbocycles. The molecule has 0 aliphatic heterocycles. The summed E-state index contributed by atoms with van der Waals surface area (Å²) in [5, 5.41) is 6.00. The Kier molecular flexibility index (Phi) is 5.04. The second-order valence-corrected chi connectivity index (χ2v) is 5.89. The van der Waals surface area contributed by atoms with E-state index in [1.165, 1.54) is 23.5 Å². The normalized spacial score (nSPS) is 10.3. The Bertz CT molecular complexity index is 861. The van der Waals surface area contributed by atoms with E-state index in [-0.39, 0.29) is 5.91 Å². The van der Waals surface area contributed by atoms with Gasteiger partial charge in [-0.15, -0.1) is 0 Å². The Morgan fingerprint density at radius 1 is 0.960 bits per heavy atom. The third-order valence-electron chi connectivity index (χ3n) is 3.97. The standard InChI is InChI=1S/C20H20N4O/c1-14-8-9-18(10-15(14)2)24-20-22-12-17(13-23-20)19(25)21-11-16-6-4-3-5-7-16/h3-10,12-13H,11H2,1-2H3,(H,21,25)(H,22,23,24). The van der Waals surface area contributed by atoms with Crippen molar-refractivity contribution in [2.75, 3.05) is 5.32 Å². The van der Waals surface area contributed by atoms with Gasteiger partial charge in [-0.05, 0) is 42.7 Å². The Morgan fingerprint density at radius 3 is 2.36 bits per heavy atom. The monoisotopic (exact) mass is 332 g/mol. The molecule has 3 aromatic rings. The van der Waals surface area contributed by atoms with Gasteiger partial charge in [0, 0.05) is 24.6 Å². The molecule has 0 unspecified atom stereocenters. The Morgan fingerprint density at radius 2 is 1.68 bits per heavy atom. The first-order valence-corrected chi connectivity index (χ1v) is 8.10. The Balaban J connectivity index is 1.61. The molecular weight excluding hydrogens is 312 g/mol. The number of carbonyl (C=O) groups is 1. The highest BCUT2D eigenvalue weighted by Gasteiger charge is 2.07. The maximum absolute atomic E-state index is 12.2. The summed E-state index contributed by atoms with van der Waals surface area (Å²) in [4.78, 5) is 20.6. The van der Waals surface area contributed by atoms with E-state index in [9.17, 15) is 4.79 Å². The van der Waals surface area contributed by atoms with Crippen molar-refractivity contribution in [1.29, 1.82) is 0 Å². The summed E-state index contributed by atoms with van der Waals surface area (Å²) in [5.74, 6) is 0.268. The first-order valence-electron chi connectivity index (χ1n) is 8.10. The van der Waals surface area contributed by atoms with E-state index >= 15 is 0 Å². The lowest BCUT2D eigenvalue weighted by Gasteiger charge is -2.08. The molecule has 0 aliphatic rings. The Hall–Kier alpha value is -3.21. The van der Waals surface area contributed by atoms with Gasteiger partial charge in [0.1, 0.15) is 0 Å². The van der Waals surface area contributed by atoms with Crippen LogP contribution < -0.4 is 10.6 Å². The number of rotatable bonds is 5. The topological polar surface area (TPSA) is 66.9 Å². The van der Waals surface area contributed by atoms with Gasteiger partial charge >= 0.3 is 0 Å². The summed E-state index contributed by atoms with van der Waals surface area (Å²) in [5.41, 5.74) is 4.83. The molecule has 0 fully saturated rings. The van der Waals surface area contributed by atoms with E-state index < -0.39 is 0 Å². The van der Waals surface area contributed by atoms with Crippen LogP contribution in [0.4, 0.5) is 11.6 Å². The number of aromatic nitrogens is 2. The van der Waals surface area contributed by atoms with Crippen molar-refractivity contribution in [3.05, 3.63) is 83.2 Å². The summed E-state index contributed by atoms with van der Waals surface area (Å²) < 4.78 is 0. The quantitative estimate of drug-likeness (QED) is 0.746. The number of anilines is 2. The zero-order valence-corrected chi connectivity index (χ0v) is 14.3. The van der Waals surface area contributed by atoms with Crippen molar-refractivity contribution in [3.8, 4) is 0 Å². The maximum Gasteiger partial charge on any atom is 0.254 e. The van der Waals surface area contributed by atoms with Crippen LogP contribution >= 0.6 is 0 Å². The van der Waals surface area contributed by atoms with Gasteiger partial charge in [-0.25, -0.2) is 9.97 Å². The summed E-state index contributed by atoms with van der Waals surface area (Å²) in [7, 11) is 0. The first-order chi connectivity index (χ1) is 12.1. The van der Waals surface area contributed by atoms with E-state index in [1.54, 1.807) is 0 Å². The average Bonchev–Trinajstić information content (AvgIpc) is 2.64. The molecule has 5 heteroatoms. The number of hydrogen-bond acceptors (Lipinski definition) is 4. The third kappa shape index (κ3) is 4.41. The molecule has 2 N–H and O–H groups in total. The van der Waals surface area contributed by atoms with Crippen LogP contribution in [0, 0.1) is 13.8 Å². The molecule has 25 heavy (non-hydrogen) atoms. The van der Waals surface area contributed by atoms with Crippen molar-refractivity contribution in [1.82, 2.24) is 15.3 Å². The Labute approximate surface area is 147 Å². The third-order valence-corrected chi connectivity index (χ3v) is 3.97. The summed E-state index contributed by atoms with van der Waals surface area (Å²) in [6.45, 7) is 4.60. The second kappa shape index (κ2) is 7.57. The van der Waals surface area contributed by atoms with Gasteiger partial charge in [0.15, 0.2) is 0 Å². The smallest absolute Gasteiger partial charge is 0.254 e. The number of nitrogens with zero attached hydrogens (tertiary/aromatic N) is 2. The van der Waals surface area contributed by atoms with Crippen molar-refractivity contribution in [2.45, 2.75) is 20.4 Å². The summed E-state index contributed by atoms with van der Waals surface area (Å²) >= 11 is 0. The molecule has 5 nitrogen and oxygen atoms in total. The van der Waals surface area contributed by atoms with E-state index in [2.05, 4.69) is 34.4 Å². The van der Waals surface area contributed by atoms with Crippen molar-refractivity contribution >= 4 is 17.5 Å². The lowest BCUT2D eigenvalue weighted by molar-refractivity contribution is 0.0950. The van der Waals surface area contributed by atoms with Crippen LogP contribution in [0.2, 0.25) is 0 Å². The van der Waals surface area contributed by atoms with Crippen LogP contribution in [-0.2, 0) is 6.54 Å². The molecule has 0 bridgehead atoms. The molecule has 0 spiro atoms. The lowest BCUT2D eigenvalue weighted by atomic mass is 10.1. The number of hydrogen-bond donors (Lipinski definition) is 2. The molecule has 0 atom stereocenters.